The second-order valence-electron chi connectivity index (χ2n) is 3.84. The number of aromatic nitrogens is 3. The molecule has 0 aromatic carbocycles. The third-order valence-electron chi connectivity index (χ3n) is 2.80. The highest BCUT2D eigenvalue weighted by Gasteiger charge is 2.30. The molecule has 0 bridgehead atoms. The summed E-state index contributed by atoms with van der Waals surface area (Å²) in [7, 11) is 1.64. The summed E-state index contributed by atoms with van der Waals surface area (Å²) in [5.41, 5.74) is 5.48. The number of H-pyrrole nitrogens is 1. The van der Waals surface area contributed by atoms with E-state index in [-0.39, 0.29) is 17.9 Å². The lowest BCUT2D eigenvalue weighted by molar-refractivity contribution is -0.122. The monoisotopic (exact) mass is 224 g/mol. The summed E-state index contributed by atoms with van der Waals surface area (Å²) >= 11 is 0. The van der Waals surface area contributed by atoms with Crippen molar-refractivity contribution in [2.75, 3.05) is 24.2 Å². The van der Waals surface area contributed by atoms with Crippen molar-refractivity contribution in [3.63, 3.8) is 0 Å². The van der Waals surface area contributed by atoms with Crippen LogP contribution in [0.1, 0.15) is 19.3 Å². The molecule has 0 radical (unpaired) electrons. The Bertz CT molecular complexity index is 376. The highest BCUT2D eigenvalue weighted by molar-refractivity contribution is 5.84. The first-order valence-corrected chi connectivity index (χ1v) is 5.38. The summed E-state index contributed by atoms with van der Waals surface area (Å²) in [5, 5.41) is 9.24. The van der Waals surface area contributed by atoms with E-state index in [1.807, 2.05) is 4.90 Å². The lowest BCUT2D eigenvalue weighted by Crippen LogP contribution is -2.49. The quantitative estimate of drug-likeness (QED) is 0.628. The van der Waals surface area contributed by atoms with Crippen molar-refractivity contribution in [3.05, 3.63) is 0 Å². The molecular formula is C9H16N6O. The molecule has 2 heterocycles. The number of piperidine rings is 1. The van der Waals surface area contributed by atoms with Crippen molar-refractivity contribution in [3.8, 4) is 0 Å². The van der Waals surface area contributed by atoms with Crippen LogP contribution in [-0.2, 0) is 4.79 Å². The molecule has 2 rings (SSSR count). The third-order valence-corrected chi connectivity index (χ3v) is 2.80. The number of hydrogen-bond donors (Lipinski definition) is 3. The Morgan fingerprint density at radius 1 is 1.62 bits per heavy atom. The number of carbonyl (C=O) groups is 1. The standard InChI is InChI=1S/C9H16N6O/c1-11-7(16)6-4-2-3-5-15(6)9-12-8(10)13-14-9/h6H,2-5H2,1H3,(H,11,16)(H3,10,12,13,14). The van der Waals surface area contributed by atoms with Crippen LogP contribution in [0.25, 0.3) is 0 Å². The topological polar surface area (TPSA) is 99.9 Å². The zero-order valence-electron chi connectivity index (χ0n) is 9.23. The number of rotatable bonds is 2. The molecule has 1 aliphatic rings. The molecule has 16 heavy (non-hydrogen) atoms. The van der Waals surface area contributed by atoms with Gasteiger partial charge in [0.05, 0.1) is 0 Å². The molecule has 1 atom stereocenters. The van der Waals surface area contributed by atoms with Crippen LogP contribution >= 0.6 is 0 Å². The van der Waals surface area contributed by atoms with E-state index in [9.17, 15) is 4.79 Å². The second-order valence-corrected chi connectivity index (χ2v) is 3.84. The van der Waals surface area contributed by atoms with Gasteiger partial charge < -0.3 is 16.0 Å². The number of nitrogens with one attached hydrogen (secondary N) is 2. The van der Waals surface area contributed by atoms with Gasteiger partial charge in [0.25, 0.3) is 0 Å². The summed E-state index contributed by atoms with van der Waals surface area (Å²) in [4.78, 5) is 17.7. The van der Waals surface area contributed by atoms with E-state index >= 15 is 0 Å². The Hall–Kier alpha value is -1.79. The van der Waals surface area contributed by atoms with Gasteiger partial charge in [-0.15, -0.1) is 5.10 Å². The van der Waals surface area contributed by atoms with E-state index in [4.69, 9.17) is 5.73 Å². The maximum atomic E-state index is 11.7. The number of likely N-dealkylation sites (N-methyl/N-ethyl adjacent to an activating group) is 1. The van der Waals surface area contributed by atoms with Crippen LogP contribution in [0.2, 0.25) is 0 Å². The Morgan fingerprint density at radius 2 is 2.44 bits per heavy atom. The van der Waals surface area contributed by atoms with Crippen molar-refractivity contribution in [1.29, 1.82) is 0 Å². The molecule has 4 N–H and O–H groups in total. The lowest BCUT2D eigenvalue weighted by Gasteiger charge is -2.33. The third kappa shape index (κ3) is 1.93. The van der Waals surface area contributed by atoms with Crippen LogP contribution in [0, 0.1) is 0 Å². The number of carbonyl (C=O) groups excluding carboxylic acids is 1. The predicted octanol–water partition coefficient (Wildman–Crippen LogP) is -0.508. The molecule has 0 aliphatic carbocycles. The van der Waals surface area contributed by atoms with Crippen molar-refractivity contribution in [2.45, 2.75) is 25.3 Å². The van der Waals surface area contributed by atoms with Gasteiger partial charge in [-0.1, -0.05) is 0 Å². The average molecular weight is 224 g/mol. The number of anilines is 2. The van der Waals surface area contributed by atoms with Gasteiger partial charge in [-0.3, -0.25) is 4.79 Å². The van der Waals surface area contributed by atoms with Gasteiger partial charge in [0.1, 0.15) is 6.04 Å². The zero-order valence-corrected chi connectivity index (χ0v) is 9.23. The van der Waals surface area contributed by atoms with Gasteiger partial charge >= 0.3 is 0 Å². The van der Waals surface area contributed by atoms with E-state index in [2.05, 4.69) is 20.5 Å². The average Bonchev–Trinajstić information content (AvgIpc) is 2.75. The minimum Gasteiger partial charge on any atom is -0.368 e. The van der Waals surface area contributed by atoms with Crippen molar-refractivity contribution >= 4 is 17.8 Å². The summed E-state index contributed by atoms with van der Waals surface area (Å²) in [6.07, 6.45) is 2.92. The summed E-state index contributed by atoms with van der Waals surface area (Å²) < 4.78 is 0. The van der Waals surface area contributed by atoms with Gasteiger partial charge in [0.15, 0.2) is 0 Å². The molecule has 1 unspecified atom stereocenters. The molecule has 1 amide bonds. The highest BCUT2D eigenvalue weighted by Crippen LogP contribution is 2.21. The first-order chi connectivity index (χ1) is 7.72. The Labute approximate surface area is 93.4 Å². The largest absolute Gasteiger partial charge is 0.368 e. The second kappa shape index (κ2) is 4.38. The van der Waals surface area contributed by atoms with Crippen molar-refractivity contribution in [1.82, 2.24) is 20.5 Å². The van der Waals surface area contributed by atoms with Crippen LogP contribution < -0.4 is 16.0 Å². The molecule has 7 nitrogen and oxygen atoms in total. The maximum Gasteiger partial charge on any atom is 0.246 e. The first-order valence-electron chi connectivity index (χ1n) is 5.38. The number of hydrogen-bond acceptors (Lipinski definition) is 5. The Morgan fingerprint density at radius 3 is 3.06 bits per heavy atom. The lowest BCUT2D eigenvalue weighted by atomic mass is 10.0. The van der Waals surface area contributed by atoms with E-state index in [1.54, 1.807) is 7.05 Å². The van der Waals surface area contributed by atoms with E-state index in [1.165, 1.54) is 0 Å². The van der Waals surface area contributed by atoms with Crippen LogP contribution in [0.5, 0.6) is 0 Å². The molecule has 1 fully saturated rings. The number of aromatic amines is 1. The number of amides is 1. The zero-order chi connectivity index (χ0) is 11.5. The van der Waals surface area contributed by atoms with E-state index in [0.29, 0.717) is 5.95 Å². The molecule has 0 saturated carbocycles. The van der Waals surface area contributed by atoms with Crippen LogP contribution in [0.15, 0.2) is 0 Å². The predicted molar refractivity (Wildman–Crippen MR) is 59.8 cm³/mol. The van der Waals surface area contributed by atoms with Gasteiger partial charge in [-0.25, -0.2) is 5.10 Å². The summed E-state index contributed by atoms with van der Waals surface area (Å²) in [6.45, 7) is 0.787. The number of nitrogen functional groups attached to an aromatic ring is 1. The fourth-order valence-electron chi connectivity index (χ4n) is 2.00. The Kier molecular flexibility index (Phi) is 2.93. The van der Waals surface area contributed by atoms with Gasteiger partial charge in [0, 0.05) is 13.6 Å². The van der Waals surface area contributed by atoms with E-state index < -0.39 is 0 Å². The fraction of sp³-hybridized carbons (Fsp3) is 0.667. The van der Waals surface area contributed by atoms with Gasteiger partial charge in [0.2, 0.25) is 17.8 Å². The van der Waals surface area contributed by atoms with Crippen LogP contribution in [0.3, 0.4) is 0 Å². The molecule has 1 aromatic rings. The minimum absolute atomic E-state index is 0.00284. The molecule has 0 spiro atoms. The molecule has 1 aromatic heterocycles. The van der Waals surface area contributed by atoms with Gasteiger partial charge in [-0.05, 0) is 19.3 Å². The smallest absolute Gasteiger partial charge is 0.246 e. The molecule has 1 aliphatic heterocycles. The molecular weight excluding hydrogens is 208 g/mol. The fourth-order valence-corrected chi connectivity index (χ4v) is 2.00. The number of nitrogens with zero attached hydrogens (tertiary/aromatic N) is 3. The maximum absolute atomic E-state index is 11.7. The highest BCUT2D eigenvalue weighted by atomic mass is 16.2. The van der Waals surface area contributed by atoms with Crippen molar-refractivity contribution in [2.24, 2.45) is 0 Å². The van der Waals surface area contributed by atoms with Crippen molar-refractivity contribution < 1.29 is 4.79 Å². The van der Waals surface area contributed by atoms with Crippen LogP contribution in [-0.4, -0.2) is 40.7 Å². The Balaban J connectivity index is 2.19. The minimum atomic E-state index is -0.186. The molecule has 88 valence electrons. The summed E-state index contributed by atoms with van der Waals surface area (Å²) in [5.74, 6) is 0.783. The van der Waals surface area contributed by atoms with Crippen LogP contribution in [0.4, 0.5) is 11.9 Å². The molecule has 7 heteroatoms. The first kappa shape index (κ1) is 10.7. The van der Waals surface area contributed by atoms with E-state index in [0.717, 1.165) is 25.8 Å². The SMILES string of the molecule is CNC(=O)C1CCCCN1c1n[nH]c(N)n1. The number of nitrogens with two attached hydrogens (primary N) is 1. The summed E-state index contributed by atoms with van der Waals surface area (Å²) in [6, 6.07) is -0.186. The van der Waals surface area contributed by atoms with Gasteiger partial charge in [-0.2, -0.15) is 4.98 Å². The molecule has 1 saturated heterocycles. The normalized spacial score (nSPS) is 20.8.